The number of hydrogen-bond acceptors (Lipinski definition) is 2. The van der Waals surface area contributed by atoms with Crippen molar-refractivity contribution in [1.82, 2.24) is 15.1 Å². The lowest BCUT2D eigenvalue weighted by molar-refractivity contribution is 0.0559. The molecule has 1 fully saturated rings. The number of hydrogen-bond donors (Lipinski definition) is 1. The van der Waals surface area contributed by atoms with E-state index in [9.17, 15) is 13.6 Å². The van der Waals surface area contributed by atoms with Gasteiger partial charge in [0.05, 0.1) is 0 Å². The van der Waals surface area contributed by atoms with E-state index < -0.39 is 6.55 Å². The summed E-state index contributed by atoms with van der Waals surface area (Å²) in [5, 5.41) is 6.36. The molecule has 0 spiro atoms. The Kier molecular flexibility index (Phi) is 3.71. The van der Waals surface area contributed by atoms with E-state index in [0.29, 0.717) is 4.68 Å². The average Bonchev–Trinajstić information content (AvgIpc) is 2.79. The van der Waals surface area contributed by atoms with E-state index in [-0.39, 0.29) is 17.6 Å². The summed E-state index contributed by atoms with van der Waals surface area (Å²) in [6.07, 6.45) is 6.45. The van der Waals surface area contributed by atoms with Gasteiger partial charge >= 0.3 is 6.55 Å². The predicted octanol–water partition coefficient (Wildman–Crippen LogP) is 2.34. The maximum Gasteiger partial charge on any atom is 0.333 e. The van der Waals surface area contributed by atoms with Crippen molar-refractivity contribution in [3.8, 4) is 0 Å². The standard InChI is InChI=1S/C11H15F2N3O/c12-11(13)16-7-6-9(15-16)10(17)14-8-4-2-1-3-5-8/h6-8,11H,1-5H2,(H,14,17). The van der Waals surface area contributed by atoms with Crippen LogP contribution in [0.3, 0.4) is 0 Å². The number of nitrogens with one attached hydrogen (secondary N) is 1. The Bertz CT molecular complexity index is 386. The number of carbonyl (C=O) groups is 1. The average molecular weight is 243 g/mol. The van der Waals surface area contributed by atoms with E-state index in [1.165, 1.54) is 12.5 Å². The minimum atomic E-state index is -2.70. The van der Waals surface area contributed by atoms with Crippen LogP contribution < -0.4 is 5.32 Å². The summed E-state index contributed by atoms with van der Waals surface area (Å²) >= 11 is 0. The molecule has 17 heavy (non-hydrogen) atoms. The van der Waals surface area contributed by atoms with Crippen molar-refractivity contribution in [2.24, 2.45) is 0 Å². The van der Waals surface area contributed by atoms with E-state index in [1.54, 1.807) is 0 Å². The number of amides is 1. The second kappa shape index (κ2) is 5.25. The second-order valence-corrected chi connectivity index (χ2v) is 4.27. The van der Waals surface area contributed by atoms with Gasteiger partial charge in [0.1, 0.15) is 5.69 Å². The van der Waals surface area contributed by atoms with Crippen molar-refractivity contribution < 1.29 is 13.6 Å². The molecular weight excluding hydrogens is 228 g/mol. The summed E-state index contributed by atoms with van der Waals surface area (Å²) in [6.45, 7) is -2.70. The van der Waals surface area contributed by atoms with Gasteiger partial charge in [-0.15, -0.1) is 0 Å². The maximum atomic E-state index is 12.3. The van der Waals surface area contributed by atoms with Crippen LogP contribution in [0.15, 0.2) is 12.3 Å². The van der Waals surface area contributed by atoms with Crippen LogP contribution in [0.4, 0.5) is 8.78 Å². The van der Waals surface area contributed by atoms with Crippen LogP contribution in [0.25, 0.3) is 0 Å². The molecule has 0 atom stereocenters. The van der Waals surface area contributed by atoms with Gasteiger partial charge in [-0.3, -0.25) is 4.79 Å². The van der Waals surface area contributed by atoms with Gasteiger partial charge in [0.2, 0.25) is 0 Å². The highest BCUT2D eigenvalue weighted by atomic mass is 19.3. The van der Waals surface area contributed by atoms with Crippen molar-refractivity contribution in [2.75, 3.05) is 0 Å². The molecule has 1 amide bonds. The molecule has 0 unspecified atom stereocenters. The van der Waals surface area contributed by atoms with Gasteiger partial charge in [-0.25, -0.2) is 4.68 Å². The Balaban J connectivity index is 1.94. The van der Waals surface area contributed by atoms with E-state index in [4.69, 9.17) is 0 Å². The van der Waals surface area contributed by atoms with Gasteiger partial charge in [0, 0.05) is 12.2 Å². The van der Waals surface area contributed by atoms with E-state index >= 15 is 0 Å². The van der Waals surface area contributed by atoms with Gasteiger partial charge in [0.15, 0.2) is 0 Å². The monoisotopic (exact) mass is 243 g/mol. The molecule has 1 aromatic heterocycles. The van der Waals surface area contributed by atoms with Crippen LogP contribution in [0.5, 0.6) is 0 Å². The van der Waals surface area contributed by atoms with Gasteiger partial charge in [-0.1, -0.05) is 19.3 Å². The topological polar surface area (TPSA) is 46.9 Å². The number of carbonyl (C=O) groups excluding carboxylic acids is 1. The first kappa shape index (κ1) is 12.0. The lowest BCUT2D eigenvalue weighted by Gasteiger charge is -2.22. The molecule has 1 aliphatic carbocycles. The minimum Gasteiger partial charge on any atom is -0.348 e. The highest BCUT2D eigenvalue weighted by molar-refractivity contribution is 5.92. The Morgan fingerprint density at radius 1 is 1.41 bits per heavy atom. The molecule has 1 N–H and O–H groups in total. The molecule has 4 nitrogen and oxygen atoms in total. The summed E-state index contributed by atoms with van der Waals surface area (Å²) in [7, 11) is 0. The van der Waals surface area contributed by atoms with Gasteiger partial charge < -0.3 is 5.32 Å². The van der Waals surface area contributed by atoms with Gasteiger partial charge in [0.25, 0.3) is 5.91 Å². The first-order chi connectivity index (χ1) is 8.16. The van der Waals surface area contributed by atoms with Crippen LogP contribution >= 0.6 is 0 Å². The van der Waals surface area contributed by atoms with Crippen LogP contribution in [0.1, 0.15) is 49.1 Å². The fraction of sp³-hybridized carbons (Fsp3) is 0.636. The minimum absolute atomic E-state index is 0.0517. The Morgan fingerprint density at radius 2 is 2.12 bits per heavy atom. The van der Waals surface area contributed by atoms with E-state index in [1.807, 2.05) is 0 Å². The fourth-order valence-corrected chi connectivity index (χ4v) is 2.07. The lowest BCUT2D eigenvalue weighted by Crippen LogP contribution is -2.36. The molecule has 0 bridgehead atoms. The van der Waals surface area contributed by atoms with E-state index in [0.717, 1.165) is 31.9 Å². The SMILES string of the molecule is O=C(NC1CCCCC1)c1ccn(C(F)F)n1. The largest absolute Gasteiger partial charge is 0.348 e. The number of nitrogens with zero attached hydrogens (tertiary/aromatic N) is 2. The molecule has 1 aromatic rings. The third-order valence-electron chi connectivity index (χ3n) is 2.98. The zero-order valence-electron chi connectivity index (χ0n) is 9.40. The summed E-state index contributed by atoms with van der Waals surface area (Å²) in [6, 6.07) is 1.47. The number of rotatable bonds is 3. The number of halogens is 2. The van der Waals surface area contributed by atoms with Gasteiger partial charge in [-0.2, -0.15) is 13.9 Å². The molecule has 6 heteroatoms. The Hall–Kier alpha value is -1.46. The van der Waals surface area contributed by atoms with Gasteiger partial charge in [-0.05, 0) is 18.9 Å². The summed E-state index contributed by atoms with van der Waals surface area (Å²) in [5.41, 5.74) is 0.0517. The lowest BCUT2D eigenvalue weighted by atomic mass is 9.95. The Morgan fingerprint density at radius 3 is 2.71 bits per heavy atom. The van der Waals surface area contributed by atoms with Crippen molar-refractivity contribution in [2.45, 2.75) is 44.7 Å². The molecule has 2 rings (SSSR count). The number of aromatic nitrogens is 2. The maximum absolute atomic E-state index is 12.3. The first-order valence-corrected chi connectivity index (χ1v) is 5.81. The zero-order valence-corrected chi connectivity index (χ0v) is 9.40. The summed E-state index contributed by atoms with van der Waals surface area (Å²) in [5.74, 6) is -0.365. The molecule has 0 radical (unpaired) electrons. The summed E-state index contributed by atoms with van der Waals surface area (Å²) < 4.78 is 25.0. The third kappa shape index (κ3) is 3.01. The molecule has 1 saturated carbocycles. The van der Waals surface area contributed by atoms with Crippen molar-refractivity contribution in [3.63, 3.8) is 0 Å². The molecular formula is C11H15F2N3O. The molecule has 1 heterocycles. The highest BCUT2D eigenvalue weighted by Crippen LogP contribution is 2.17. The highest BCUT2D eigenvalue weighted by Gasteiger charge is 2.18. The van der Waals surface area contributed by atoms with Crippen LogP contribution in [-0.4, -0.2) is 21.7 Å². The number of alkyl halides is 2. The summed E-state index contributed by atoms with van der Waals surface area (Å²) in [4.78, 5) is 11.7. The first-order valence-electron chi connectivity index (χ1n) is 5.81. The normalized spacial score (nSPS) is 17.4. The Labute approximate surface area is 98.0 Å². The molecule has 0 aliphatic heterocycles. The molecule has 1 aliphatic rings. The smallest absolute Gasteiger partial charge is 0.333 e. The molecule has 0 saturated heterocycles. The third-order valence-corrected chi connectivity index (χ3v) is 2.98. The van der Waals surface area contributed by atoms with Crippen LogP contribution in [0, 0.1) is 0 Å². The van der Waals surface area contributed by atoms with Crippen LogP contribution in [-0.2, 0) is 0 Å². The molecule has 0 aromatic carbocycles. The zero-order chi connectivity index (χ0) is 12.3. The predicted molar refractivity (Wildman–Crippen MR) is 57.8 cm³/mol. The van der Waals surface area contributed by atoms with E-state index in [2.05, 4.69) is 10.4 Å². The van der Waals surface area contributed by atoms with Crippen molar-refractivity contribution >= 4 is 5.91 Å². The van der Waals surface area contributed by atoms with Crippen molar-refractivity contribution in [3.05, 3.63) is 18.0 Å². The second-order valence-electron chi connectivity index (χ2n) is 4.27. The quantitative estimate of drug-likeness (QED) is 0.885. The fourth-order valence-electron chi connectivity index (χ4n) is 2.07. The van der Waals surface area contributed by atoms with Crippen LogP contribution in [0.2, 0.25) is 0 Å². The van der Waals surface area contributed by atoms with Crippen molar-refractivity contribution in [1.29, 1.82) is 0 Å². The molecule has 94 valence electrons.